The van der Waals surface area contributed by atoms with Gasteiger partial charge in [0.2, 0.25) is 0 Å². The van der Waals surface area contributed by atoms with E-state index in [9.17, 15) is 9.90 Å². The van der Waals surface area contributed by atoms with Gasteiger partial charge in [-0.15, -0.1) is 0 Å². The smallest absolute Gasteiger partial charge is 0.338 e. The van der Waals surface area contributed by atoms with Gasteiger partial charge in [-0.25, -0.2) is 4.79 Å². The van der Waals surface area contributed by atoms with E-state index >= 15 is 0 Å². The van der Waals surface area contributed by atoms with Crippen LogP contribution in [0.1, 0.15) is 68.9 Å². The van der Waals surface area contributed by atoms with Crippen LogP contribution in [0.4, 0.5) is 0 Å². The minimum Gasteiger partial charge on any atom is -0.507 e. The van der Waals surface area contributed by atoms with Crippen molar-refractivity contribution < 1.29 is 24.1 Å². The number of phenolic OH excluding ortho intramolecular Hbond substituents is 1. The second kappa shape index (κ2) is 9.98. The first kappa shape index (κ1) is 25.8. The van der Waals surface area contributed by atoms with Crippen molar-refractivity contribution >= 4 is 5.97 Å². The molecule has 0 spiro atoms. The first-order valence-electron chi connectivity index (χ1n) is 12.5. The maximum absolute atomic E-state index is 12.0. The van der Waals surface area contributed by atoms with E-state index in [-0.39, 0.29) is 29.3 Å². The van der Waals surface area contributed by atoms with Crippen molar-refractivity contribution in [3.8, 4) is 33.8 Å². The number of fused-ring (bicyclic) bond motifs is 1. The van der Waals surface area contributed by atoms with Gasteiger partial charge in [-0.1, -0.05) is 45.9 Å². The molecular weight excluding hydrogens is 452 g/mol. The van der Waals surface area contributed by atoms with E-state index in [0.717, 1.165) is 29.5 Å². The van der Waals surface area contributed by atoms with Crippen molar-refractivity contribution in [2.24, 2.45) is 0 Å². The number of rotatable bonds is 7. The van der Waals surface area contributed by atoms with Crippen molar-refractivity contribution in [2.45, 2.75) is 58.3 Å². The highest BCUT2D eigenvalue weighted by atomic mass is 16.7. The molecule has 0 amide bonds. The maximum atomic E-state index is 12.0. The van der Waals surface area contributed by atoms with Crippen molar-refractivity contribution in [3.63, 3.8) is 0 Å². The third-order valence-electron chi connectivity index (χ3n) is 7.30. The number of methoxy groups -OCH3 is 1. The Morgan fingerprint density at radius 1 is 0.861 bits per heavy atom. The van der Waals surface area contributed by atoms with Crippen LogP contribution in [-0.2, 0) is 20.3 Å². The summed E-state index contributed by atoms with van der Waals surface area (Å²) in [7, 11) is 1.60. The first-order chi connectivity index (χ1) is 17.1. The van der Waals surface area contributed by atoms with Gasteiger partial charge in [-0.05, 0) is 89.2 Å². The van der Waals surface area contributed by atoms with E-state index in [2.05, 4.69) is 39.8 Å². The topological polar surface area (TPSA) is 65.0 Å². The van der Waals surface area contributed by atoms with Crippen molar-refractivity contribution in [3.05, 3.63) is 71.3 Å². The zero-order valence-corrected chi connectivity index (χ0v) is 22.1. The molecule has 0 heterocycles. The van der Waals surface area contributed by atoms with E-state index in [4.69, 9.17) is 14.2 Å². The molecule has 0 bridgehead atoms. The van der Waals surface area contributed by atoms with Crippen molar-refractivity contribution in [1.82, 2.24) is 0 Å². The van der Waals surface area contributed by atoms with Crippen LogP contribution in [0.15, 0.2) is 54.6 Å². The standard InChI is InChI=1S/C31H36O5/c1-7-35-29(33)21-10-8-20(9-11-21)22-12-13-27(32)23(16-22)24-17-25-26(18-28(24)36-19-34-6)31(4,5)15-14-30(25,2)3/h8-13,16-18,32H,7,14-15,19H2,1-6H3. The number of hydrogen-bond acceptors (Lipinski definition) is 5. The predicted molar refractivity (Wildman–Crippen MR) is 143 cm³/mol. The summed E-state index contributed by atoms with van der Waals surface area (Å²) in [4.78, 5) is 12.0. The second-order valence-corrected chi connectivity index (χ2v) is 10.7. The molecule has 0 unspecified atom stereocenters. The molecular formula is C31H36O5. The Labute approximate surface area is 214 Å². The average molecular weight is 489 g/mol. The lowest BCUT2D eigenvalue weighted by Gasteiger charge is -2.42. The van der Waals surface area contributed by atoms with Gasteiger partial charge in [-0.3, -0.25) is 0 Å². The molecule has 1 N–H and O–H groups in total. The Morgan fingerprint density at radius 2 is 1.47 bits per heavy atom. The molecule has 190 valence electrons. The Morgan fingerprint density at radius 3 is 2.08 bits per heavy atom. The van der Waals surface area contributed by atoms with Crippen LogP contribution in [0.5, 0.6) is 11.5 Å². The third kappa shape index (κ3) is 4.98. The number of esters is 1. The number of hydrogen-bond donors (Lipinski definition) is 1. The van der Waals surface area contributed by atoms with Crippen LogP contribution in [0.3, 0.4) is 0 Å². The highest BCUT2D eigenvalue weighted by Crippen LogP contribution is 2.50. The van der Waals surface area contributed by atoms with E-state index in [1.807, 2.05) is 24.3 Å². The second-order valence-electron chi connectivity index (χ2n) is 10.7. The summed E-state index contributed by atoms with van der Waals surface area (Å²) in [5, 5.41) is 10.9. The van der Waals surface area contributed by atoms with Gasteiger partial charge in [-0.2, -0.15) is 0 Å². The number of benzene rings is 3. The summed E-state index contributed by atoms with van der Waals surface area (Å²) in [6.45, 7) is 11.4. The fourth-order valence-electron chi connectivity index (χ4n) is 4.99. The molecule has 1 aliphatic rings. The van der Waals surface area contributed by atoms with Gasteiger partial charge < -0.3 is 19.3 Å². The summed E-state index contributed by atoms with van der Waals surface area (Å²) in [6, 6.07) is 17.2. The first-order valence-corrected chi connectivity index (χ1v) is 12.5. The number of carbonyl (C=O) groups excluding carboxylic acids is 1. The Kier molecular flexibility index (Phi) is 7.14. The zero-order valence-electron chi connectivity index (χ0n) is 22.1. The van der Waals surface area contributed by atoms with Crippen molar-refractivity contribution in [2.75, 3.05) is 20.5 Å². The van der Waals surface area contributed by atoms with E-state index < -0.39 is 0 Å². The van der Waals surface area contributed by atoms with Gasteiger partial charge in [0.15, 0.2) is 6.79 Å². The van der Waals surface area contributed by atoms with Crippen molar-refractivity contribution in [1.29, 1.82) is 0 Å². The van der Waals surface area contributed by atoms with Gasteiger partial charge in [0.05, 0.1) is 12.2 Å². The fraction of sp³-hybridized carbons (Fsp3) is 0.387. The highest BCUT2D eigenvalue weighted by molar-refractivity contribution is 5.90. The SMILES string of the molecule is CCOC(=O)c1ccc(-c2ccc(O)c(-c3cc4c(cc3OCOC)C(C)(C)CCC4(C)C)c2)cc1. The monoisotopic (exact) mass is 488 g/mol. The number of aromatic hydroxyl groups is 1. The van der Waals surface area contributed by atoms with Crippen LogP contribution in [-0.4, -0.2) is 31.6 Å². The lowest BCUT2D eigenvalue weighted by molar-refractivity contribution is 0.0512. The van der Waals surface area contributed by atoms with Gasteiger partial charge in [0.25, 0.3) is 0 Å². The summed E-state index contributed by atoms with van der Waals surface area (Å²) in [6.07, 6.45) is 2.18. The molecule has 3 aromatic carbocycles. The molecule has 0 radical (unpaired) electrons. The van der Waals surface area contributed by atoms with Crippen LogP contribution in [0, 0.1) is 0 Å². The molecule has 36 heavy (non-hydrogen) atoms. The third-order valence-corrected chi connectivity index (χ3v) is 7.30. The number of ether oxygens (including phenoxy) is 3. The van der Waals surface area contributed by atoms with E-state index in [1.54, 1.807) is 32.2 Å². The van der Waals surface area contributed by atoms with Gasteiger partial charge in [0.1, 0.15) is 11.5 Å². The molecule has 5 nitrogen and oxygen atoms in total. The van der Waals surface area contributed by atoms with Crippen LogP contribution < -0.4 is 4.74 Å². The summed E-state index contributed by atoms with van der Waals surface area (Å²) < 4.78 is 16.4. The molecule has 3 aromatic rings. The Hall–Kier alpha value is -3.31. The molecule has 0 atom stereocenters. The predicted octanol–water partition coefficient (Wildman–Crippen LogP) is 7.23. The molecule has 0 saturated heterocycles. The van der Waals surface area contributed by atoms with E-state index in [0.29, 0.717) is 23.5 Å². The minimum absolute atomic E-state index is 0.00947. The highest BCUT2D eigenvalue weighted by Gasteiger charge is 2.38. The molecule has 1 aliphatic carbocycles. The molecule has 0 aliphatic heterocycles. The largest absolute Gasteiger partial charge is 0.507 e. The molecule has 5 heteroatoms. The normalized spacial score (nSPS) is 15.7. The quantitative estimate of drug-likeness (QED) is 0.281. The number of carbonyl (C=O) groups is 1. The minimum atomic E-state index is -0.338. The Balaban J connectivity index is 1.83. The lowest BCUT2D eigenvalue weighted by atomic mass is 9.62. The van der Waals surface area contributed by atoms with Gasteiger partial charge in [0, 0.05) is 18.2 Å². The molecule has 0 saturated carbocycles. The summed E-state index contributed by atoms with van der Waals surface area (Å²) >= 11 is 0. The summed E-state index contributed by atoms with van der Waals surface area (Å²) in [5.41, 5.74) is 6.48. The zero-order chi connectivity index (χ0) is 26.1. The fourth-order valence-corrected chi connectivity index (χ4v) is 4.99. The molecule has 4 rings (SSSR count). The van der Waals surface area contributed by atoms with E-state index in [1.165, 1.54) is 11.1 Å². The average Bonchev–Trinajstić information content (AvgIpc) is 2.86. The Bertz CT molecular complexity index is 1250. The number of phenols is 1. The summed E-state index contributed by atoms with van der Waals surface area (Å²) in [5.74, 6) is 0.526. The lowest BCUT2D eigenvalue weighted by Crippen LogP contribution is -2.34. The van der Waals surface area contributed by atoms with Crippen LogP contribution in [0.2, 0.25) is 0 Å². The van der Waals surface area contributed by atoms with Gasteiger partial charge >= 0.3 is 5.97 Å². The molecule has 0 fully saturated rings. The van der Waals surface area contributed by atoms with Crippen LogP contribution in [0.25, 0.3) is 22.3 Å². The maximum Gasteiger partial charge on any atom is 0.338 e. The molecule has 0 aromatic heterocycles. The van der Waals surface area contributed by atoms with Crippen LogP contribution >= 0.6 is 0 Å².